The van der Waals surface area contributed by atoms with Gasteiger partial charge in [0.15, 0.2) is 0 Å². The zero-order valence-corrected chi connectivity index (χ0v) is 15.3. The number of aromatic hydroxyl groups is 1. The molecule has 0 aliphatic carbocycles. The number of hydrogen-bond acceptors (Lipinski definition) is 3. The van der Waals surface area contributed by atoms with E-state index in [2.05, 4.69) is 13.8 Å². The summed E-state index contributed by atoms with van der Waals surface area (Å²) in [7, 11) is 0. The van der Waals surface area contributed by atoms with Gasteiger partial charge in [-0.1, -0.05) is 13.8 Å². The standard InChI is InChI=1S/C19H25NO5/c1-10(2)8-9-20-11(3)14(17(22)23)15-12(20)6-7-13(21)16(15)19(4,5)18(24)25/h6-7,10,21H,8-9H2,1-5H3,(H,22,23)(H,24,25). The molecule has 3 N–H and O–H groups in total. The summed E-state index contributed by atoms with van der Waals surface area (Å²) in [5.41, 5.74) is -0.0288. The lowest BCUT2D eigenvalue weighted by Gasteiger charge is -2.22. The largest absolute Gasteiger partial charge is 0.508 e. The van der Waals surface area contributed by atoms with Gasteiger partial charge < -0.3 is 19.9 Å². The lowest BCUT2D eigenvalue weighted by molar-refractivity contribution is -0.142. The van der Waals surface area contributed by atoms with E-state index in [0.717, 1.165) is 6.42 Å². The zero-order valence-electron chi connectivity index (χ0n) is 15.3. The maximum Gasteiger partial charge on any atom is 0.338 e. The third-order valence-corrected chi connectivity index (χ3v) is 4.77. The Bertz CT molecular complexity index is 845. The van der Waals surface area contributed by atoms with Crippen molar-refractivity contribution < 1.29 is 24.9 Å². The normalized spacial score (nSPS) is 12.1. The van der Waals surface area contributed by atoms with Crippen LogP contribution in [0.15, 0.2) is 12.1 Å². The van der Waals surface area contributed by atoms with Crippen LogP contribution in [0.1, 0.15) is 55.7 Å². The van der Waals surface area contributed by atoms with Crippen molar-refractivity contribution in [3.05, 3.63) is 29.0 Å². The average molecular weight is 347 g/mol. The monoisotopic (exact) mass is 347 g/mol. The number of benzene rings is 1. The van der Waals surface area contributed by atoms with Crippen molar-refractivity contribution in [2.75, 3.05) is 0 Å². The van der Waals surface area contributed by atoms with E-state index in [9.17, 15) is 24.9 Å². The summed E-state index contributed by atoms with van der Waals surface area (Å²) in [6, 6.07) is 3.10. The molecule has 1 aromatic carbocycles. The minimum absolute atomic E-state index is 0.0546. The molecule has 0 radical (unpaired) electrons. The minimum Gasteiger partial charge on any atom is -0.508 e. The van der Waals surface area contributed by atoms with Gasteiger partial charge in [0.25, 0.3) is 0 Å². The van der Waals surface area contributed by atoms with Gasteiger partial charge in [0, 0.05) is 28.7 Å². The molecule has 0 bridgehead atoms. The molecule has 2 rings (SSSR count). The highest BCUT2D eigenvalue weighted by Gasteiger charge is 2.37. The Morgan fingerprint density at radius 2 is 1.80 bits per heavy atom. The molecule has 0 saturated carbocycles. The van der Waals surface area contributed by atoms with Crippen molar-refractivity contribution in [3.63, 3.8) is 0 Å². The van der Waals surface area contributed by atoms with Crippen LogP contribution in [-0.4, -0.2) is 31.8 Å². The van der Waals surface area contributed by atoms with Gasteiger partial charge in [-0.25, -0.2) is 4.79 Å². The van der Waals surface area contributed by atoms with Crippen molar-refractivity contribution >= 4 is 22.8 Å². The lowest BCUT2D eigenvalue weighted by Crippen LogP contribution is -2.29. The highest BCUT2D eigenvalue weighted by atomic mass is 16.4. The number of aromatic carboxylic acids is 1. The number of fused-ring (bicyclic) bond motifs is 1. The number of aliphatic carboxylic acids is 1. The van der Waals surface area contributed by atoms with Crippen LogP contribution >= 0.6 is 0 Å². The van der Waals surface area contributed by atoms with Crippen molar-refractivity contribution in [2.45, 2.75) is 53.0 Å². The Balaban J connectivity index is 2.92. The first-order chi connectivity index (χ1) is 11.5. The van der Waals surface area contributed by atoms with Crippen molar-refractivity contribution in [2.24, 2.45) is 5.92 Å². The van der Waals surface area contributed by atoms with Gasteiger partial charge in [0.05, 0.1) is 11.0 Å². The molecule has 1 heterocycles. The molecule has 0 fully saturated rings. The molecule has 0 unspecified atom stereocenters. The van der Waals surface area contributed by atoms with Gasteiger partial charge in [-0.15, -0.1) is 0 Å². The Morgan fingerprint density at radius 3 is 2.28 bits per heavy atom. The van der Waals surface area contributed by atoms with Gasteiger partial charge in [-0.3, -0.25) is 4.79 Å². The SMILES string of the molecule is Cc1c(C(=O)O)c2c(C(C)(C)C(=O)O)c(O)ccc2n1CCC(C)C. The summed E-state index contributed by atoms with van der Waals surface area (Å²) in [5.74, 6) is -2.02. The van der Waals surface area contributed by atoms with Gasteiger partial charge >= 0.3 is 11.9 Å². The number of carboxylic acid groups (broad SMARTS) is 2. The number of rotatable bonds is 6. The smallest absolute Gasteiger partial charge is 0.338 e. The van der Waals surface area contributed by atoms with E-state index in [0.29, 0.717) is 29.1 Å². The molecule has 0 amide bonds. The van der Waals surface area contributed by atoms with Crippen LogP contribution in [0.2, 0.25) is 0 Å². The Kier molecular flexibility index (Phi) is 4.84. The molecule has 2 aromatic rings. The zero-order chi connectivity index (χ0) is 19.1. The van der Waals surface area contributed by atoms with Gasteiger partial charge in [-0.2, -0.15) is 0 Å². The maximum atomic E-state index is 11.9. The molecule has 0 atom stereocenters. The number of aryl methyl sites for hydroxylation is 1. The first kappa shape index (κ1) is 18.8. The van der Waals surface area contributed by atoms with Crippen LogP contribution < -0.4 is 0 Å². The topological polar surface area (TPSA) is 99.8 Å². The Morgan fingerprint density at radius 1 is 1.20 bits per heavy atom. The fourth-order valence-electron chi connectivity index (χ4n) is 3.23. The number of phenolic OH excluding ortho intramolecular Hbond substituents is 1. The first-order valence-electron chi connectivity index (χ1n) is 8.32. The molecule has 6 nitrogen and oxygen atoms in total. The quantitative estimate of drug-likeness (QED) is 0.739. The van der Waals surface area contributed by atoms with Gasteiger partial charge in [-0.05, 0) is 45.2 Å². The Hall–Kier alpha value is -2.50. The Labute approximate surface area is 146 Å². The maximum absolute atomic E-state index is 11.9. The summed E-state index contributed by atoms with van der Waals surface area (Å²) in [4.78, 5) is 23.6. The molecule has 136 valence electrons. The van der Waals surface area contributed by atoms with Crippen molar-refractivity contribution in [3.8, 4) is 5.75 Å². The van der Waals surface area contributed by atoms with Crippen LogP contribution in [0.25, 0.3) is 10.9 Å². The van der Waals surface area contributed by atoms with Gasteiger partial charge in [0.1, 0.15) is 5.75 Å². The van der Waals surface area contributed by atoms with Crippen LogP contribution in [0.4, 0.5) is 0 Å². The second-order valence-corrected chi connectivity index (χ2v) is 7.38. The first-order valence-corrected chi connectivity index (χ1v) is 8.32. The molecular weight excluding hydrogens is 322 g/mol. The second-order valence-electron chi connectivity index (χ2n) is 7.38. The predicted molar refractivity (Wildman–Crippen MR) is 95.4 cm³/mol. The summed E-state index contributed by atoms with van der Waals surface area (Å²) in [6.45, 7) is 9.46. The number of nitrogens with zero attached hydrogens (tertiary/aromatic N) is 1. The van der Waals surface area contributed by atoms with Crippen LogP contribution in [0.5, 0.6) is 5.75 Å². The molecule has 1 aromatic heterocycles. The number of aromatic nitrogens is 1. The second kappa shape index (κ2) is 6.43. The number of carbonyl (C=O) groups is 2. The fraction of sp³-hybridized carbons (Fsp3) is 0.474. The van der Waals surface area contributed by atoms with E-state index in [1.54, 1.807) is 13.0 Å². The predicted octanol–water partition coefficient (Wildman–Crippen LogP) is 3.76. The lowest BCUT2D eigenvalue weighted by atomic mass is 9.81. The molecule has 6 heteroatoms. The molecule has 0 aliphatic heterocycles. The van der Waals surface area contributed by atoms with E-state index in [1.807, 2.05) is 4.57 Å². The third-order valence-electron chi connectivity index (χ3n) is 4.77. The average Bonchev–Trinajstić information content (AvgIpc) is 2.75. The van der Waals surface area contributed by atoms with E-state index in [4.69, 9.17) is 0 Å². The molecular formula is C19H25NO5. The molecule has 0 saturated heterocycles. The van der Waals surface area contributed by atoms with Crippen LogP contribution in [-0.2, 0) is 16.8 Å². The fourth-order valence-corrected chi connectivity index (χ4v) is 3.23. The number of phenols is 1. The molecule has 0 spiro atoms. The summed E-state index contributed by atoms with van der Waals surface area (Å²) < 4.78 is 1.90. The summed E-state index contributed by atoms with van der Waals surface area (Å²) in [6.07, 6.45) is 0.863. The third kappa shape index (κ3) is 3.08. The van der Waals surface area contributed by atoms with Crippen LogP contribution in [0.3, 0.4) is 0 Å². The van der Waals surface area contributed by atoms with E-state index in [-0.39, 0.29) is 16.9 Å². The summed E-state index contributed by atoms with van der Waals surface area (Å²) in [5, 5.41) is 30.0. The van der Waals surface area contributed by atoms with Crippen molar-refractivity contribution in [1.82, 2.24) is 4.57 Å². The minimum atomic E-state index is -1.43. The van der Waals surface area contributed by atoms with E-state index >= 15 is 0 Å². The highest BCUT2D eigenvalue weighted by Crippen LogP contribution is 2.41. The summed E-state index contributed by atoms with van der Waals surface area (Å²) >= 11 is 0. The number of carboxylic acids is 2. The van der Waals surface area contributed by atoms with Gasteiger partial charge in [0.2, 0.25) is 0 Å². The molecule has 0 aliphatic rings. The number of hydrogen-bond donors (Lipinski definition) is 3. The van der Waals surface area contributed by atoms with Crippen LogP contribution in [0, 0.1) is 12.8 Å². The highest BCUT2D eigenvalue weighted by molar-refractivity contribution is 6.09. The van der Waals surface area contributed by atoms with E-state index in [1.165, 1.54) is 19.9 Å². The molecule has 25 heavy (non-hydrogen) atoms. The van der Waals surface area contributed by atoms with Crippen molar-refractivity contribution in [1.29, 1.82) is 0 Å². The van der Waals surface area contributed by atoms with E-state index < -0.39 is 17.4 Å².